The van der Waals surface area contributed by atoms with Crippen molar-refractivity contribution in [2.45, 2.75) is 52.4 Å². The highest BCUT2D eigenvalue weighted by Crippen LogP contribution is 2.69. The average Bonchev–Trinajstić information content (AvgIpc) is 2.68. The zero-order valence-corrected chi connectivity index (χ0v) is 16.8. The number of rotatable bonds is 2. The highest BCUT2D eigenvalue weighted by Gasteiger charge is 2.66. The minimum atomic E-state index is -0.644. The largest absolute Gasteiger partial charge is 0.481 e. The zero-order valence-electron chi connectivity index (χ0n) is 16.8. The first kappa shape index (κ1) is 18.3. The van der Waals surface area contributed by atoms with Crippen LogP contribution in [0.2, 0.25) is 0 Å². The Morgan fingerprint density at radius 2 is 1.86 bits per heavy atom. The molecule has 1 N–H and O–H groups in total. The van der Waals surface area contributed by atoms with Crippen LogP contribution in [0.4, 0.5) is 0 Å². The Hall–Kier alpha value is -1.71. The van der Waals surface area contributed by atoms with Crippen LogP contribution in [-0.4, -0.2) is 22.6 Å². The number of allylic oxidation sites excluding steroid dienone is 4. The first-order valence-corrected chi connectivity index (χ1v) is 11.1. The van der Waals surface area contributed by atoms with Gasteiger partial charge in [-0.1, -0.05) is 31.9 Å². The van der Waals surface area contributed by atoms with Crippen molar-refractivity contribution in [1.82, 2.24) is 0 Å². The summed E-state index contributed by atoms with van der Waals surface area (Å²) in [6.45, 7) is 4.40. The zero-order chi connectivity index (χ0) is 19.8. The standard InChI is InChI=1S/C24H30O4/c1-12(2)17-11-24-9-8-13-14(4-3-5-15(13)23(27)28)18(24)10-16(17)21-19(25)6-7-20(26)22(21)24/h6-7,11-16,18,21-22H,3-5,8-10H2,1-2H3,(H,27,28)/t13-,14+,15-,16-,18-,21+,22-,24+/m1/s1. The Morgan fingerprint density at radius 1 is 1.11 bits per heavy atom. The van der Waals surface area contributed by atoms with E-state index in [1.54, 1.807) is 0 Å². The molecule has 3 saturated carbocycles. The van der Waals surface area contributed by atoms with Gasteiger partial charge in [0.05, 0.1) is 5.92 Å². The lowest BCUT2D eigenvalue weighted by Crippen LogP contribution is -2.62. The first-order chi connectivity index (χ1) is 13.3. The second-order valence-corrected chi connectivity index (χ2v) is 10.2. The summed E-state index contributed by atoms with van der Waals surface area (Å²) in [6, 6.07) is 0. The van der Waals surface area contributed by atoms with E-state index in [0.717, 1.165) is 38.5 Å². The smallest absolute Gasteiger partial charge is 0.306 e. The molecule has 0 unspecified atom stereocenters. The van der Waals surface area contributed by atoms with Crippen LogP contribution in [0.5, 0.6) is 0 Å². The van der Waals surface area contributed by atoms with E-state index in [-0.39, 0.29) is 46.6 Å². The third-order valence-corrected chi connectivity index (χ3v) is 9.01. The second-order valence-electron chi connectivity index (χ2n) is 10.2. The molecule has 0 saturated heterocycles. The van der Waals surface area contributed by atoms with E-state index in [1.165, 1.54) is 17.7 Å². The summed E-state index contributed by atoms with van der Waals surface area (Å²) in [5, 5.41) is 9.76. The number of carboxylic acids is 1. The topological polar surface area (TPSA) is 71.4 Å². The molecule has 6 aliphatic carbocycles. The van der Waals surface area contributed by atoms with Gasteiger partial charge in [-0.15, -0.1) is 0 Å². The van der Waals surface area contributed by atoms with Gasteiger partial charge in [0.2, 0.25) is 0 Å². The van der Waals surface area contributed by atoms with Crippen LogP contribution in [0.3, 0.4) is 0 Å². The molecule has 0 aromatic carbocycles. The van der Waals surface area contributed by atoms with E-state index >= 15 is 0 Å². The maximum Gasteiger partial charge on any atom is 0.306 e. The van der Waals surface area contributed by atoms with Crippen LogP contribution in [0, 0.1) is 52.8 Å². The van der Waals surface area contributed by atoms with Crippen molar-refractivity contribution < 1.29 is 19.5 Å². The monoisotopic (exact) mass is 382 g/mol. The van der Waals surface area contributed by atoms with Crippen LogP contribution >= 0.6 is 0 Å². The summed E-state index contributed by atoms with van der Waals surface area (Å²) >= 11 is 0. The normalized spacial score (nSPS) is 46.7. The summed E-state index contributed by atoms with van der Waals surface area (Å²) in [7, 11) is 0. The van der Waals surface area contributed by atoms with Gasteiger partial charge in [0, 0.05) is 17.3 Å². The minimum absolute atomic E-state index is 0.127. The van der Waals surface area contributed by atoms with Gasteiger partial charge >= 0.3 is 5.97 Å². The third-order valence-electron chi connectivity index (χ3n) is 9.01. The number of fused-ring (bicyclic) bond motifs is 1. The van der Waals surface area contributed by atoms with E-state index < -0.39 is 5.97 Å². The molecule has 2 bridgehead atoms. The molecule has 3 fully saturated rings. The van der Waals surface area contributed by atoms with Gasteiger partial charge in [-0.25, -0.2) is 0 Å². The van der Waals surface area contributed by atoms with Crippen LogP contribution in [0.25, 0.3) is 0 Å². The van der Waals surface area contributed by atoms with E-state index in [2.05, 4.69) is 19.9 Å². The van der Waals surface area contributed by atoms with Gasteiger partial charge in [0.25, 0.3) is 0 Å². The molecule has 0 aliphatic heterocycles. The van der Waals surface area contributed by atoms with Crippen molar-refractivity contribution in [3.63, 3.8) is 0 Å². The fourth-order valence-corrected chi connectivity index (χ4v) is 8.10. The molecule has 8 atom stereocenters. The number of aliphatic carboxylic acids is 1. The van der Waals surface area contributed by atoms with Gasteiger partial charge in [-0.05, 0) is 73.8 Å². The SMILES string of the molecule is CC(C)C1=C[C@@]23CC[C@@H]4[C@H](CCC[C@H]4C(=O)O)[C@H]2C[C@H]1[C@H]1C(=O)C=CC(=O)[C@H]13. The van der Waals surface area contributed by atoms with Crippen molar-refractivity contribution in [1.29, 1.82) is 0 Å². The van der Waals surface area contributed by atoms with Crippen LogP contribution in [-0.2, 0) is 14.4 Å². The predicted octanol–water partition coefficient (Wildman–Crippen LogP) is 4.06. The number of ketones is 2. The predicted molar refractivity (Wildman–Crippen MR) is 104 cm³/mol. The first-order valence-electron chi connectivity index (χ1n) is 11.1. The van der Waals surface area contributed by atoms with E-state index in [1.807, 2.05) is 0 Å². The minimum Gasteiger partial charge on any atom is -0.481 e. The van der Waals surface area contributed by atoms with Crippen molar-refractivity contribution in [2.75, 3.05) is 0 Å². The molecule has 0 radical (unpaired) electrons. The van der Waals surface area contributed by atoms with Crippen LogP contribution < -0.4 is 0 Å². The fourth-order valence-electron chi connectivity index (χ4n) is 8.10. The Labute approximate surface area is 166 Å². The molecule has 6 rings (SSSR count). The third kappa shape index (κ3) is 2.26. The summed E-state index contributed by atoms with van der Waals surface area (Å²) in [4.78, 5) is 37.8. The molecule has 0 amide bonds. The van der Waals surface area contributed by atoms with Crippen molar-refractivity contribution in [2.24, 2.45) is 52.8 Å². The molecule has 0 aromatic heterocycles. The molecular weight excluding hydrogens is 352 g/mol. The number of carbonyl (C=O) groups excluding carboxylic acids is 2. The van der Waals surface area contributed by atoms with Gasteiger partial charge in [0.15, 0.2) is 11.6 Å². The molecular formula is C24H30O4. The van der Waals surface area contributed by atoms with Gasteiger partial charge in [-0.3, -0.25) is 14.4 Å². The Balaban J connectivity index is 1.62. The maximum atomic E-state index is 13.1. The highest BCUT2D eigenvalue weighted by atomic mass is 16.4. The molecule has 6 aliphatic rings. The summed E-state index contributed by atoms with van der Waals surface area (Å²) in [5.74, 6) is 0.482. The molecule has 0 heterocycles. The molecule has 28 heavy (non-hydrogen) atoms. The van der Waals surface area contributed by atoms with E-state index in [0.29, 0.717) is 17.8 Å². The maximum absolute atomic E-state index is 13.1. The molecule has 1 spiro atoms. The highest BCUT2D eigenvalue weighted by molar-refractivity contribution is 6.08. The Bertz CT molecular complexity index is 805. The summed E-state index contributed by atoms with van der Waals surface area (Å²) in [5.41, 5.74) is 1.14. The van der Waals surface area contributed by atoms with Gasteiger partial charge < -0.3 is 5.11 Å². The van der Waals surface area contributed by atoms with Gasteiger partial charge in [-0.2, -0.15) is 0 Å². The lowest BCUT2D eigenvalue weighted by molar-refractivity contribution is -0.164. The summed E-state index contributed by atoms with van der Waals surface area (Å²) in [6.07, 6.45) is 11.0. The van der Waals surface area contributed by atoms with Crippen molar-refractivity contribution >= 4 is 17.5 Å². The molecule has 0 aromatic rings. The average molecular weight is 383 g/mol. The lowest BCUT2D eigenvalue weighted by atomic mass is 9.38. The number of carbonyl (C=O) groups is 3. The number of hydrogen-bond donors (Lipinski definition) is 1. The fraction of sp³-hybridized carbons (Fsp3) is 0.708. The Morgan fingerprint density at radius 3 is 2.57 bits per heavy atom. The van der Waals surface area contributed by atoms with Crippen LogP contribution in [0.15, 0.2) is 23.8 Å². The quantitative estimate of drug-likeness (QED) is 0.731. The van der Waals surface area contributed by atoms with Crippen molar-refractivity contribution in [3.05, 3.63) is 23.8 Å². The number of hydrogen-bond acceptors (Lipinski definition) is 3. The Kier molecular flexibility index (Phi) is 4.02. The van der Waals surface area contributed by atoms with E-state index in [4.69, 9.17) is 0 Å². The second kappa shape index (κ2) is 6.14. The molecule has 4 nitrogen and oxygen atoms in total. The van der Waals surface area contributed by atoms with Crippen LogP contribution in [0.1, 0.15) is 52.4 Å². The molecule has 150 valence electrons. The summed E-state index contributed by atoms with van der Waals surface area (Å²) < 4.78 is 0. The number of carboxylic acid groups (broad SMARTS) is 1. The van der Waals surface area contributed by atoms with E-state index in [9.17, 15) is 19.5 Å². The van der Waals surface area contributed by atoms with Gasteiger partial charge in [0.1, 0.15) is 0 Å². The lowest BCUT2D eigenvalue weighted by Gasteiger charge is -2.65. The van der Waals surface area contributed by atoms with Crippen molar-refractivity contribution in [3.8, 4) is 0 Å². The molecule has 4 heteroatoms.